The molecule has 1 aromatic rings. The van der Waals surface area contributed by atoms with E-state index < -0.39 is 8.32 Å². The number of rotatable bonds is 2. The summed E-state index contributed by atoms with van der Waals surface area (Å²) in [7, 11) is -1.71. The fourth-order valence-electron chi connectivity index (χ4n) is 1.50. The molecule has 2 heteroatoms. The summed E-state index contributed by atoms with van der Waals surface area (Å²) in [6.45, 7) is 21.9. The van der Waals surface area contributed by atoms with E-state index in [1.165, 1.54) is 16.7 Å². The molecule has 0 saturated heterocycles. The summed E-state index contributed by atoms with van der Waals surface area (Å²) in [5.41, 5.74) is 4.00. The normalized spacial score (nSPS) is 11.7. The summed E-state index contributed by atoms with van der Waals surface area (Å²) >= 11 is 0. The molecule has 0 radical (unpaired) electrons. The van der Waals surface area contributed by atoms with E-state index in [0.717, 1.165) is 5.75 Å². The molecule has 0 aliphatic carbocycles. The third-order valence-electron chi connectivity index (χ3n) is 4.08. The predicted octanol–water partition coefficient (Wildman–Crippen LogP) is 6.02. The maximum absolute atomic E-state index is 6.32. The molecule has 0 heterocycles. The summed E-state index contributed by atoms with van der Waals surface area (Å²) in [4.78, 5) is 0. The highest BCUT2D eigenvalue weighted by Crippen LogP contribution is 2.37. The van der Waals surface area contributed by atoms with Crippen LogP contribution in [-0.4, -0.2) is 8.32 Å². The van der Waals surface area contributed by atoms with Gasteiger partial charge < -0.3 is 4.43 Å². The van der Waals surface area contributed by atoms with Crippen LogP contribution in [0.25, 0.3) is 0 Å². The van der Waals surface area contributed by atoms with E-state index >= 15 is 0 Å². The summed E-state index contributed by atoms with van der Waals surface area (Å²) < 4.78 is 6.32. The second-order valence-electron chi connectivity index (χ2n) is 6.54. The van der Waals surface area contributed by atoms with Gasteiger partial charge in [0.15, 0.2) is 0 Å². The second kappa shape index (κ2) is 6.60. The summed E-state index contributed by atoms with van der Waals surface area (Å²) in [6.07, 6.45) is 0. The van der Waals surface area contributed by atoms with Gasteiger partial charge in [-0.1, -0.05) is 34.6 Å². The van der Waals surface area contributed by atoms with Gasteiger partial charge in [-0.25, -0.2) is 0 Å². The average molecular weight is 281 g/mol. The monoisotopic (exact) mass is 280 g/mol. The lowest BCUT2D eigenvalue weighted by molar-refractivity contribution is 0.491. The highest BCUT2D eigenvalue weighted by atomic mass is 28.4. The van der Waals surface area contributed by atoms with Gasteiger partial charge in [0.25, 0.3) is 0 Å². The molecule has 0 aliphatic heterocycles. The van der Waals surface area contributed by atoms with Crippen LogP contribution in [0.1, 0.15) is 51.3 Å². The lowest BCUT2D eigenvalue weighted by atomic mass is 10.0. The van der Waals surface area contributed by atoms with Crippen molar-refractivity contribution in [2.45, 2.75) is 73.5 Å². The van der Waals surface area contributed by atoms with Crippen LogP contribution >= 0.6 is 0 Å². The van der Waals surface area contributed by atoms with Crippen LogP contribution in [0.5, 0.6) is 5.75 Å². The molecule has 0 saturated carbocycles. The Labute approximate surface area is 121 Å². The van der Waals surface area contributed by atoms with Crippen molar-refractivity contribution in [1.82, 2.24) is 0 Å². The minimum absolute atomic E-state index is 0.250. The zero-order valence-corrected chi connectivity index (χ0v) is 15.6. The zero-order chi connectivity index (χ0) is 15.4. The molecule has 19 heavy (non-hydrogen) atoms. The van der Waals surface area contributed by atoms with Gasteiger partial charge in [-0.05, 0) is 67.7 Å². The van der Waals surface area contributed by atoms with E-state index in [-0.39, 0.29) is 5.04 Å². The third-order valence-corrected chi connectivity index (χ3v) is 8.44. The van der Waals surface area contributed by atoms with Gasteiger partial charge in [0.1, 0.15) is 5.75 Å². The van der Waals surface area contributed by atoms with Crippen molar-refractivity contribution in [3.05, 3.63) is 28.8 Å². The largest absolute Gasteiger partial charge is 0.543 e. The van der Waals surface area contributed by atoms with Crippen LogP contribution in [0.3, 0.4) is 0 Å². The second-order valence-corrected chi connectivity index (χ2v) is 11.3. The predicted molar refractivity (Wildman–Crippen MR) is 89.8 cm³/mol. The molecule has 1 nitrogen and oxygen atoms in total. The van der Waals surface area contributed by atoms with Gasteiger partial charge in [0, 0.05) is 0 Å². The first-order chi connectivity index (χ1) is 8.54. The van der Waals surface area contributed by atoms with Crippen molar-refractivity contribution in [2.75, 3.05) is 0 Å². The van der Waals surface area contributed by atoms with Crippen LogP contribution in [-0.2, 0) is 0 Å². The third kappa shape index (κ3) is 4.68. The number of benzene rings is 1. The van der Waals surface area contributed by atoms with E-state index in [1.807, 2.05) is 13.8 Å². The fourth-order valence-corrected chi connectivity index (χ4v) is 2.52. The molecule has 0 aromatic heterocycles. The molecule has 1 rings (SSSR count). The Morgan fingerprint density at radius 1 is 0.895 bits per heavy atom. The van der Waals surface area contributed by atoms with Crippen LogP contribution in [0.15, 0.2) is 12.1 Å². The van der Waals surface area contributed by atoms with Gasteiger partial charge >= 0.3 is 0 Å². The number of hydrogen-bond acceptors (Lipinski definition) is 1. The molecular formula is C17H32OSi. The quantitative estimate of drug-likeness (QED) is 0.602. The Morgan fingerprint density at radius 2 is 1.26 bits per heavy atom. The van der Waals surface area contributed by atoms with E-state index in [2.05, 4.69) is 66.8 Å². The Bertz CT molecular complexity index is 391. The van der Waals surface area contributed by atoms with E-state index in [0.29, 0.717) is 0 Å². The molecule has 1 aromatic carbocycles. The SMILES string of the molecule is CC.Cc1cc(O[Si](C)(C)C(C)(C)C)cc(C)c1C. The van der Waals surface area contributed by atoms with Gasteiger partial charge in [0.05, 0.1) is 0 Å². The first kappa shape index (κ1) is 18.2. The number of hydrogen-bond donors (Lipinski definition) is 0. The minimum atomic E-state index is -1.71. The first-order valence-electron chi connectivity index (χ1n) is 7.31. The molecular weight excluding hydrogens is 248 g/mol. The zero-order valence-electron chi connectivity index (χ0n) is 14.6. The van der Waals surface area contributed by atoms with Gasteiger partial charge in [-0.2, -0.15) is 0 Å². The van der Waals surface area contributed by atoms with Crippen LogP contribution in [0.4, 0.5) is 0 Å². The molecule has 110 valence electrons. The highest BCUT2D eigenvalue weighted by molar-refractivity contribution is 6.74. The fraction of sp³-hybridized carbons (Fsp3) is 0.647. The van der Waals surface area contributed by atoms with Crippen molar-refractivity contribution < 1.29 is 4.43 Å². The van der Waals surface area contributed by atoms with Gasteiger partial charge in [0.2, 0.25) is 8.32 Å². The van der Waals surface area contributed by atoms with E-state index in [1.54, 1.807) is 0 Å². The van der Waals surface area contributed by atoms with Gasteiger partial charge in [-0.15, -0.1) is 0 Å². The van der Waals surface area contributed by atoms with Crippen molar-refractivity contribution in [2.24, 2.45) is 0 Å². The average Bonchev–Trinajstić information content (AvgIpc) is 2.26. The van der Waals surface area contributed by atoms with E-state index in [4.69, 9.17) is 4.43 Å². The van der Waals surface area contributed by atoms with E-state index in [9.17, 15) is 0 Å². The van der Waals surface area contributed by atoms with Crippen LogP contribution in [0.2, 0.25) is 18.1 Å². The summed E-state index contributed by atoms with van der Waals surface area (Å²) in [5, 5.41) is 0.250. The topological polar surface area (TPSA) is 9.23 Å². The van der Waals surface area contributed by atoms with Crippen molar-refractivity contribution in [3.63, 3.8) is 0 Å². The maximum Gasteiger partial charge on any atom is 0.250 e. The molecule has 0 spiro atoms. The highest BCUT2D eigenvalue weighted by Gasteiger charge is 2.39. The molecule has 0 fully saturated rings. The Balaban J connectivity index is 0.00000154. The van der Waals surface area contributed by atoms with Crippen molar-refractivity contribution >= 4 is 8.32 Å². The maximum atomic E-state index is 6.32. The smallest absolute Gasteiger partial charge is 0.250 e. The molecule has 0 aliphatic rings. The lowest BCUT2D eigenvalue weighted by Crippen LogP contribution is -2.43. The lowest BCUT2D eigenvalue weighted by Gasteiger charge is -2.36. The first-order valence-corrected chi connectivity index (χ1v) is 10.2. The minimum Gasteiger partial charge on any atom is -0.543 e. The molecule has 0 atom stereocenters. The molecule has 0 N–H and O–H groups in total. The van der Waals surface area contributed by atoms with Crippen molar-refractivity contribution in [3.8, 4) is 5.75 Å². The Morgan fingerprint density at radius 3 is 1.58 bits per heavy atom. The molecule has 0 unspecified atom stereocenters. The van der Waals surface area contributed by atoms with Crippen LogP contribution in [0, 0.1) is 20.8 Å². The standard InChI is InChI=1S/C15H26OSi.C2H6/c1-11-9-14(10-12(2)13(11)3)16-17(7,8)15(4,5)6;1-2/h9-10H,1-8H3;1-2H3. The number of aryl methyl sites for hydroxylation is 2. The summed E-state index contributed by atoms with van der Waals surface area (Å²) in [6, 6.07) is 4.34. The van der Waals surface area contributed by atoms with Gasteiger partial charge in [-0.3, -0.25) is 0 Å². The Kier molecular flexibility index (Phi) is 6.34. The molecule has 0 bridgehead atoms. The van der Waals surface area contributed by atoms with Crippen LogP contribution < -0.4 is 4.43 Å². The van der Waals surface area contributed by atoms with Crippen molar-refractivity contribution in [1.29, 1.82) is 0 Å². The molecule has 0 amide bonds. The Hall–Kier alpha value is -0.763. The summed E-state index contributed by atoms with van der Waals surface area (Å²) in [5.74, 6) is 1.04.